The van der Waals surface area contributed by atoms with Crippen molar-refractivity contribution in [1.29, 1.82) is 0 Å². The number of aliphatic hydroxyl groups excluding tert-OH is 1. The van der Waals surface area contributed by atoms with E-state index in [2.05, 4.69) is 6.08 Å². The van der Waals surface area contributed by atoms with Crippen LogP contribution >= 0.6 is 11.8 Å². The largest absolute Gasteiger partial charge is 0.497 e. The standard InChI is InChI=1S/C34H39N3O5S/c1-4-22(2)26(21-38)37-30-33(41)36(24-13-15-25(42-3)16-14-24)19-9-17-34(30)29(32(37)40)28-27(43-34)12-8-18-35(31(28)39)20-23-10-6-5-7-11-23/h5-17,22,26-30,38H,4,18-21H2,1-3H3/t22-,26-,27+,28-,29-,30?,34-/m0/s1. The van der Waals surface area contributed by atoms with Gasteiger partial charge in [0.1, 0.15) is 11.8 Å². The van der Waals surface area contributed by atoms with Crippen LogP contribution in [-0.4, -0.2) is 81.5 Å². The van der Waals surface area contributed by atoms with Crippen molar-refractivity contribution in [3.8, 4) is 5.75 Å². The molecule has 9 heteroatoms. The summed E-state index contributed by atoms with van der Waals surface area (Å²) in [5.41, 5.74) is 1.73. The van der Waals surface area contributed by atoms with Crippen molar-refractivity contribution >= 4 is 35.2 Å². The molecule has 1 N–H and O–H groups in total. The van der Waals surface area contributed by atoms with Crippen LogP contribution in [0.1, 0.15) is 25.8 Å². The summed E-state index contributed by atoms with van der Waals surface area (Å²) in [4.78, 5) is 49.0. The Balaban J connectivity index is 1.43. The smallest absolute Gasteiger partial charge is 0.251 e. The first-order chi connectivity index (χ1) is 20.8. The minimum atomic E-state index is -0.943. The summed E-state index contributed by atoms with van der Waals surface area (Å²) < 4.78 is 4.38. The van der Waals surface area contributed by atoms with E-state index in [9.17, 15) is 19.5 Å². The zero-order chi connectivity index (χ0) is 30.3. The van der Waals surface area contributed by atoms with Gasteiger partial charge in [-0.25, -0.2) is 0 Å². The van der Waals surface area contributed by atoms with Gasteiger partial charge in [-0.2, -0.15) is 0 Å². The van der Waals surface area contributed by atoms with Crippen LogP contribution in [0.25, 0.3) is 0 Å². The van der Waals surface area contributed by atoms with Gasteiger partial charge in [0.05, 0.1) is 36.3 Å². The molecule has 4 aliphatic heterocycles. The summed E-state index contributed by atoms with van der Waals surface area (Å²) in [5.74, 6) is -1.19. The maximum absolute atomic E-state index is 14.7. The lowest BCUT2D eigenvalue weighted by molar-refractivity contribution is -0.145. The molecule has 3 amide bonds. The number of carbonyl (C=O) groups excluding carboxylic acids is 3. The quantitative estimate of drug-likeness (QED) is 0.462. The Morgan fingerprint density at radius 1 is 1.00 bits per heavy atom. The fourth-order valence-corrected chi connectivity index (χ4v) is 9.23. The third kappa shape index (κ3) is 4.86. The van der Waals surface area contributed by atoms with E-state index in [4.69, 9.17) is 4.74 Å². The van der Waals surface area contributed by atoms with Crippen molar-refractivity contribution < 1.29 is 24.2 Å². The minimum absolute atomic E-state index is 0.0422. The van der Waals surface area contributed by atoms with Crippen LogP contribution in [0.2, 0.25) is 0 Å². The predicted octanol–water partition coefficient (Wildman–Crippen LogP) is 3.90. The lowest BCUT2D eigenvalue weighted by Gasteiger charge is -2.40. The van der Waals surface area contributed by atoms with Gasteiger partial charge in [0.2, 0.25) is 11.8 Å². The second kappa shape index (κ2) is 11.8. The molecule has 43 heavy (non-hydrogen) atoms. The number of amides is 3. The first kappa shape index (κ1) is 29.5. The Hall–Kier alpha value is -3.56. The average Bonchev–Trinajstić information content (AvgIpc) is 3.35. The van der Waals surface area contributed by atoms with Crippen molar-refractivity contribution in [2.75, 3.05) is 31.7 Å². The number of carbonyl (C=O) groups is 3. The number of nitrogens with zero attached hydrogens (tertiary/aromatic N) is 3. The number of fused-ring (bicyclic) bond motifs is 2. The highest BCUT2D eigenvalue weighted by Crippen LogP contribution is 2.61. The van der Waals surface area contributed by atoms with E-state index in [-0.39, 0.29) is 35.5 Å². The van der Waals surface area contributed by atoms with Gasteiger partial charge in [-0.3, -0.25) is 14.4 Å². The van der Waals surface area contributed by atoms with Gasteiger partial charge >= 0.3 is 0 Å². The molecule has 0 radical (unpaired) electrons. The van der Waals surface area contributed by atoms with E-state index in [1.54, 1.807) is 28.7 Å². The van der Waals surface area contributed by atoms with Gasteiger partial charge in [-0.15, -0.1) is 11.8 Å². The molecule has 0 bridgehead atoms. The molecule has 8 nitrogen and oxygen atoms in total. The molecular weight excluding hydrogens is 562 g/mol. The van der Waals surface area contributed by atoms with Crippen molar-refractivity contribution in [3.05, 3.63) is 84.5 Å². The molecule has 1 unspecified atom stereocenters. The van der Waals surface area contributed by atoms with Gasteiger partial charge in [0.15, 0.2) is 0 Å². The summed E-state index contributed by atoms with van der Waals surface area (Å²) in [6.45, 7) is 5.02. The third-order valence-corrected chi connectivity index (χ3v) is 11.4. The monoisotopic (exact) mass is 601 g/mol. The number of rotatable bonds is 8. The molecule has 2 fully saturated rings. The van der Waals surface area contributed by atoms with Crippen LogP contribution in [0.15, 0.2) is 78.9 Å². The van der Waals surface area contributed by atoms with Crippen LogP contribution < -0.4 is 9.64 Å². The molecule has 0 aromatic heterocycles. The molecular formula is C34H39N3O5S. The molecule has 0 aliphatic carbocycles. The Labute approximate surface area is 257 Å². The Morgan fingerprint density at radius 3 is 2.42 bits per heavy atom. The van der Waals surface area contributed by atoms with Gasteiger partial charge < -0.3 is 24.5 Å². The number of aliphatic hydroxyl groups is 1. The zero-order valence-corrected chi connectivity index (χ0v) is 25.7. The molecule has 4 aliphatic rings. The number of methoxy groups -OCH3 is 1. The summed E-state index contributed by atoms with van der Waals surface area (Å²) in [6.07, 6.45) is 8.81. The average molecular weight is 602 g/mol. The molecule has 7 atom stereocenters. The van der Waals surface area contributed by atoms with E-state index in [1.165, 1.54) is 0 Å². The molecule has 226 valence electrons. The van der Waals surface area contributed by atoms with Gasteiger partial charge in [-0.05, 0) is 35.7 Å². The Kier molecular flexibility index (Phi) is 8.13. The fraction of sp³-hybridized carbons (Fsp3) is 0.441. The molecule has 2 aromatic carbocycles. The van der Waals surface area contributed by atoms with Crippen LogP contribution in [0, 0.1) is 17.8 Å². The summed E-state index contributed by atoms with van der Waals surface area (Å²) >= 11 is 1.56. The molecule has 2 aromatic rings. The minimum Gasteiger partial charge on any atom is -0.497 e. The number of hydrogen-bond donors (Lipinski definition) is 1. The van der Waals surface area contributed by atoms with Crippen LogP contribution in [0.3, 0.4) is 0 Å². The second-order valence-corrected chi connectivity index (χ2v) is 13.4. The maximum atomic E-state index is 14.7. The fourth-order valence-electron chi connectivity index (χ4n) is 7.24. The zero-order valence-electron chi connectivity index (χ0n) is 24.8. The van der Waals surface area contributed by atoms with Gasteiger partial charge in [0, 0.05) is 30.6 Å². The number of thioether (sulfide) groups is 1. The first-order valence-corrected chi connectivity index (χ1v) is 16.0. The Bertz CT molecular complexity index is 1430. The predicted molar refractivity (Wildman–Crippen MR) is 168 cm³/mol. The first-order valence-electron chi connectivity index (χ1n) is 15.1. The topological polar surface area (TPSA) is 90.4 Å². The summed E-state index contributed by atoms with van der Waals surface area (Å²) in [5, 5.41) is 10.4. The van der Waals surface area contributed by atoms with E-state index in [1.807, 2.05) is 91.6 Å². The Morgan fingerprint density at radius 2 is 1.74 bits per heavy atom. The molecule has 1 spiro atoms. The van der Waals surface area contributed by atoms with Gasteiger partial charge in [-0.1, -0.05) is 74.9 Å². The highest BCUT2D eigenvalue weighted by atomic mass is 32.2. The van der Waals surface area contributed by atoms with Crippen LogP contribution in [0.5, 0.6) is 5.75 Å². The highest BCUT2D eigenvalue weighted by Gasteiger charge is 2.72. The number of anilines is 1. The van der Waals surface area contributed by atoms with E-state index < -0.39 is 28.7 Å². The normalized spacial score (nSPS) is 29.6. The van der Waals surface area contributed by atoms with Gasteiger partial charge in [0.25, 0.3) is 5.91 Å². The third-order valence-electron chi connectivity index (χ3n) is 9.63. The van der Waals surface area contributed by atoms with Crippen molar-refractivity contribution in [2.45, 2.75) is 48.9 Å². The van der Waals surface area contributed by atoms with Crippen molar-refractivity contribution in [3.63, 3.8) is 0 Å². The lowest BCUT2D eigenvalue weighted by Crippen LogP contribution is -2.58. The van der Waals surface area contributed by atoms with Crippen LogP contribution in [0.4, 0.5) is 5.69 Å². The second-order valence-electron chi connectivity index (χ2n) is 11.9. The summed E-state index contributed by atoms with van der Waals surface area (Å²) in [7, 11) is 1.60. The number of likely N-dealkylation sites (tertiary alicyclic amines) is 1. The van der Waals surface area contributed by atoms with E-state index in [0.717, 1.165) is 12.0 Å². The van der Waals surface area contributed by atoms with E-state index in [0.29, 0.717) is 31.1 Å². The molecule has 6 rings (SSSR count). The lowest BCUT2D eigenvalue weighted by atomic mass is 9.78. The van der Waals surface area contributed by atoms with Crippen LogP contribution in [-0.2, 0) is 20.9 Å². The van der Waals surface area contributed by atoms with Crippen molar-refractivity contribution in [1.82, 2.24) is 9.80 Å². The van der Waals surface area contributed by atoms with E-state index >= 15 is 0 Å². The summed E-state index contributed by atoms with van der Waals surface area (Å²) in [6, 6.07) is 15.8. The molecule has 0 saturated carbocycles. The number of benzene rings is 2. The highest BCUT2D eigenvalue weighted by molar-refractivity contribution is 8.02. The molecule has 2 saturated heterocycles. The maximum Gasteiger partial charge on any atom is 0.251 e. The molecule has 4 heterocycles. The number of ether oxygens (including phenoxy) is 1. The van der Waals surface area contributed by atoms with Crippen molar-refractivity contribution in [2.24, 2.45) is 17.8 Å². The SMILES string of the molecule is CC[C@H](C)[C@H](CO)N1C(=O)[C@@H]2[C@H]3C(=O)N(Cc4ccccc4)CC=C[C@H]3S[C@@]23C=CCN(c2ccc(OC)cc2)C(=O)C13. The number of hydrogen-bond acceptors (Lipinski definition) is 6.